The Morgan fingerprint density at radius 1 is 1.17 bits per heavy atom. The summed E-state index contributed by atoms with van der Waals surface area (Å²) in [4.78, 5) is 0. The van der Waals surface area contributed by atoms with Crippen LogP contribution in [0.5, 0.6) is 5.75 Å². The normalized spacial score (nSPS) is 10.1. The van der Waals surface area contributed by atoms with Crippen molar-refractivity contribution >= 4 is 11.4 Å². The molecule has 0 saturated heterocycles. The van der Waals surface area contributed by atoms with Crippen molar-refractivity contribution in [2.24, 2.45) is 0 Å². The van der Waals surface area contributed by atoms with E-state index < -0.39 is 0 Å². The lowest BCUT2D eigenvalue weighted by Gasteiger charge is -2.09. The van der Waals surface area contributed by atoms with E-state index in [-0.39, 0.29) is 5.82 Å². The molecule has 0 aliphatic rings. The summed E-state index contributed by atoms with van der Waals surface area (Å²) in [5.74, 6) is 0.426. The molecule has 2 rings (SSSR count). The molecule has 0 bridgehead atoms. The van der Waals surface area contributed by atoms with Gasteiger partial charge in [0.2, 0.25) is 0 Å². The van der Waals surface area contributed by atoms with Crippen LogP contribution in [0.4, 0.5) is 15.8 Å². The van der Waals surface area contributed by atoms with E-state index in [1.807, 2.05) is 18.2 Å². The van der Waals surface area contributed by atoms with Gasteiger partial charge in [0.05, 0.1) is 12.8 Å². The topological polar surface area (TPSA) is 47.3 Å². The summed E-state index contributed by atoms with van der Waals surface area (Å²) in [6.07, 6.45) is 0. The number of rotatable bonds is 4. The first kappa shape index (κ1) is 12.2. The highest BCUT2D eigenvalue weighted by Gasteiger charge is 2.00. The number of methoxy groups -OCH3 is 1. The van der Waals surface area contributed by atoms with Crippen LogP contribution in [0, 0.1) is 5.82 Å². The van der Waals surface area contributed by atoms with Crippen molar-refractivity contribution in [1.29, 1.82) is 0 Å². The van der Waals surface area contributed by atoms with Gasteiger partial charge in [0.15, 0.2) is 0 Å². The number of ether oxygens (including phenoxy) is 1. The van der Waals surface area contributed by atoms with Gasteiger partial charge in [-0.1, -0.05) is 12.1 Å². The lowest BCUT2D eigenvalue weighted by atomic mass is 10.2. The molecule has 0 fully saturated rings. The van der Waals surface area contributed by atoms with Crippen LogP contribution in [0.15, 0.2) is 42.5 Å². The van der Waals surface area contributed by atoms with Crippen LogP contribution in [0.2, 0.25) is 0 Å². The summed E-state index contributed by atoms with van der Waals surface area (Å²) < 4.78 is 17.8. The summed E-state index contributed by atoms with van der Waals surface area (Å²) in [5, 5.41) is 3.21. The third kappa shape index (κ3) is 2.91. The van der Waals surface area contributed by atoms with Gasteiger partial charge in [-0.3, -0.25) is 0 Å². The van der Waals surface area contributed by atoms with Crippen LogP contribution in [-0.4, -0.2) is 7.11 Å². The maximum absolute atomic E-state index is 12.7. The first-order valence-electron chi connectivity index (χ1n) is 5.61. The zero-order chi connectivity index (χ0) is 13.0. The molecule has 0 aromatic heterocycles. The average molecular weight is 246 g/mol. The highest BCUT2D eigenvalue weighted by atomic mass is 19.1. The summed E-state index contributed by atoms with van der Waals surface area (Å²) in [6.45, 7) is 0.617. The van der Waals surface area contributed by atoms with Crippen LogP contribution >= 0.6 is 0 Å². The molecule has 0 saturated carbocycles. The minimum atomic E-state index is -0.229. The van der Waals surface area contributed by atoms with E-state index in [1.54, 1.807) is 19.2 Å². The fourth-order valence-electron chi connectivity index (χ4n) is 1.65. The second-order valence-corrected chi connectivity index (χ2v) is 3.94. The van der Waals surface area contributed by atoms with E-state index in [0.29, 0.717) is 18.0 Å². The quantitative estimate of drug-likeness (QED) is 0.815. The standard InChI is InChI=1S/C14H15FN2O/c1-18-14-7-6-12(8-13(14)16)17-9-10-2-4-11(15)5-3-10/h2-8,17H,9,16H2,1H3. The number of anilines is 2. The Kier molecular flexibility index (Phi) is 3.67. The van der Waals surface area contributed by atoms with Gasteiger partial charge in [0.25, 0.3) is 0 Å². The lowest BCUT2D eigenvalue weighted by molar-refractivity contribution is 0.417. The van der Waals surface area contributed by atoms with Crippen LogP contribution in [0.25, 0.3) is 0 Å². The highest BCUT2D eigenvalue weighted by Crippen LogP contribution is 2.24. The molecule has 94 valence electrons. The Morgan fingerprint density at radius 2 is 1.89 bits per heavy atom. The number of nitrogens with two attached hydrogens (primary N) is 1. The van der Waals surface area contributed by atoms with E-state index in [2.05, 4.69) is 5.32 Å². The first-order chi connectivity index (χ1) is 8.69. The monoisotopic (exact) mass is 246 g/mol. The average Bonchev–Trinajstić information content (AvgIpc) is 2.38. The van der Waals surface area contributed by atoms with Crippen molar-refractivity contribution < 1.29 is 9.13 Å². The van der Waals surface area contributed by atoms with Gasteiger partial charge < -0.3 is 15.8 Å². The summed E-state index contributed by atoms with van der Waals surface area (Å²) in [5.41, 5.74) is 8.30. The van der Waals surface area contributed by atoms with E-state index in [4.69, 9.17) is 10.5 Å². The van der Waals surface area contributed by atoms with E-state index in [1.165, 1.54) is 12.1 Å². The Balaban J connectivity index is 2.02. The Labute approximate surface area is 105 Å². The molecule has 0 spiro atoms. The summed E-state index contributed by atoms with van der Waals surface area (Å²) in [6, 6.07) is 11.9. The zero-order valence-corrected chi connectivity index (χ0v) is 10.1. The van der Waals surface area contributed by atoms with Gasteiger partial charge in [0, 0.05) is 12.2 Å². The molecule has 18 heavy (non-hydrogen) atoms. The van der Waals surface area contributed by atoms with Crippen molar-refractivity contribution in [2.75, 3.05) is 18.2 Å². The summed E-state index contributed by atoms with van der Waals surface area (Å²) in [7, 11) is 1.58. The molecule has 4 heteroatoms. The van der Waals surface area contributed by atoms with E-state index in [0.717, 1.165) is 11.3 Å². The molecule has 2 aromatic carbocycles. The number of nitrogen functional groups attached to an aromatic ring is 1. The summed E-state index contributed by atoms with van der Waals surface area (Å²) >= 11 is 0. The van der Waals surface area contributed by atoms with Gasteiger partial charge in [-0.15, -0.1) is 0 Å². The fraction of sp³-hybridized carbons (Fsp3) is 0.143. The third-order valence-corrected chi connectivity index (χ3v) is 2.64. The van der Waals surface area contributed by atoms with Crippen molar-refractivity contribution in [3.8, 4) is 5.75 Å². The third-order valence-electron chi connectivity index (χ3n) is 2.64. The predicted molar refractivity (Wildman–Crippen MR) is 71.1 cm³/mol. The molecule has 0 heterocycles. The largest absolute Gasteiger partial charge is 0.495 e. The van der Waals surface area contributed by atoms with Crippen LogP contribution in [0.1, 0.15) is 5.56 Å². The molecule has 2 aromatic rings. The number of nitrogens with one attached hydrogen (secondary N) is 1. The van der Waals surface area contributed by atoms with Gasteiger partial charge in [-0.05, 0) is 35.9 Å². The maximum Gasteiger partial charge on any atom is 0.141 e. The smallest absolute Gasteiger partial charge is 0.141 e. The molecular formula is C14H15FN2O. The van der Waals surface area contributed by atoms with Gasteiger partial charge in [0.1, 0.15) is 11.6 Å². The van der Waals surface area contributed by atoms with Crippen LogP contribution < -0.4 is 15.8 Å². The second kappa shape index (κ2) is 5.40. The zero-order valence-electron chi connectivity index (χ0n) is 10.1. The lowest BCUT2D eigenvalue weighted by Crippen LogP contribution is -2.00. The minimum Gasteiger partial charge on any atom is -0.495 e. The number of hydrogen-bond acceptors (Lipinski definition) is 3. The van der Waals surface area contributed by atoms with Crippen LogP contribution in [-0.2, 0) is 6.54 Å². The molecule has 0 unspecified atom stereocenters. The highest BCUT2D eigenvalue weighted by molar-refractivity contribution is 5.62. The van der Waals surface area contributed by atoms with Crippen LogP contribution in [0.3, 0.4) is 0 Å². The Morgan fingerprint density at radius 3 is 2.50 bits per heavy atom. The minimum absolute atomic E-state index is 0.229. The van der Waals surface area contributed by atoms with Gasteiger partial charge in [-0.2, -0.15) is 0 Å². The number of hydrogen-bond donors (Lipinski definition) is 2. The Hall–Kier alpha value is -2.23. The van der Waals surface area contributed by atoms with E-state index in [9.17, 15) is 4.39 Å². The van der Waals surface area contributed by atoms with Gasteiger partial charge in [-0.25, -0.2) is 4.39 Å². The van der Waals surface area contributed by atoms with E-state index >= 15 is 0 Å². The number of halogens is 1. The van der Waals surface area contributed by atoms with Crippen molar-refractivity contribution in [3.05, 3.63) is 53.8 Å². The Bertz CT molecular complexity index is 526. The first-order valence-corrected chi connectivity index (χ1v) is 5.61. The van der Waals surface area contributed by atoms with Crippen molar-refractivity contribution in [1.82, 2.24) is 0 Å². The maximum atomic E-state index is 12.7. The van der Waals surface area contributed by atoms with Crippen molar-refractivity contribution in [2.45, 2.75) is 6.54 Å². The SMILES string of the molecule is COc1ccc(NCc2ccc(F)cc2)cc1N. The molecule has 3 nitrogen and oxygen atoms in total. The predicted octanol–water partition coefficient (Wildman–Crippen LogP) is 3.03. The number of benzene rings is 2. The molecule has 0 radical (unpaired) electrons. The molecule has 0 aliphatic heterocycles. The fourth-order valence-corrected chi connectivity index (χ4v) is 1.65. The molecule has 0 atom stereocenters. The van der Waals surface area contributed by atoms with Crippen molar-refractivity contribution in [3.63, 3.8) is 0 Å². The van der Waals surface area contributed by atoms with Gasteiger partial charge >= 0.3 is 0 Å². The second-order valence-electron chi connectivity index (χ2n) is 3.94. The molecule has 0 aliphatic carbocycles. The molecular weight excluding hydrogens is 231 g/mol. The molecule has 0 amide bonds. The molecule has 3 N–H and O–H groups in total.